The Kier molecular flexibility index (Phi) is 5.14. The molecule has 0 amide bonds. The zero-order valence-corrected chi connectivity index (χ0v) is 13.5. The number of nitrogens with one attached hydrogen (secondary N) is 1. The van der Waals surface area contributed by atoms with Crippen LogP contribution in [0.2, 0.25) is 5.02 Å². The molecule has 1 saturated carbocycles. The molecule has 0 bridgehead atoms. The summed E-state index contributed by atoms with van der Waals surface area (Å²) >= 11 is 5.94. The Morgan fingerprint density at radius 1 is 1.38 bits per heavy atom. The van der Waals surface area contributed by atoms with Crippen molar-refractivity contribution in [2.45, 2.75) is 43.6 Å². The lowest BCUT2D eigenvalue weighted by atomic mass is 9.87. The molecule has 0 aromatic heterocycles. The molecule has 7 heteroatoms. The lowest BCUT2D eigenvalue weighted by Crippen LogP contribution is -2.36. The SMILES string of the molecule is Cc1cc(S(=O)(=O)NCC2CCCCC2O)cc(N)c1Cl. The molecule has 1 aliphatic rings. The monoisotopic (exact) mass is 332 g/mol. The molecule has 0 spiro atoms. The fraction of sp³-hybridized carbons (Fsp3) is 0.571. The van der Waals surface area contributed by atoms with Gasteiger partial charge in [0.25, 0.3) is 0 Å². The van der Waals surface area contributed by atoms with Crippen molar-refractivity contribution in [2.75, 3.05) is 12.3 Å². The van der Waals surface area contributed by atoms with E-state index in [9.17, 15) is 13.5 Å². The van der Waals surface area contributed by atoms with Gasteiger partial charge in [0.15, 0.2) is 0 Å². The van der Waals surface area contributed by atoms with E-state index in [1.54, 1.807) is 6.92 Å². The maximum Gasteiger partial charge on any atom is 0.240 e. The number of nitrogens with two attached hydrogens (primary N) is 1. The minimum absolute atomic E-state index is 0.0285. The van der Waals surface area contributed by atoms with Gasteiger partial charge in [0, 0.05) is 6.54 Å². The van der Waals surface area contributed by atoms with Crippen LogP contribution in [-0.4, -0.2) is 26.2 Å². The van der Waals surface area contributed by atoms with Crippen LogP contribution in [0, 0.1) is 12.8 Å². The first-order chi connectivity index (χ1) is 9.81. The third-order valence-electron chi connectivity index (χ3n) is 3.97. The molecule has 0 saturated heterocycles. The van der Waals surface area contributed by atoms with Gasteiger partial charge in [-0.05, 0) is 43.4 Å². The van der Waals surface area contributed by atoms with E-state index in [1.807, 2.05) is 0 Å². The molecular formula is C14H21ClN2O3S. The van der Waals surface area contributed by atoms with Gasteiger partial charge in [-0.3, -0.25) is 0 Å². The van der Waals surface area contributed by atoms with E-state index in [0.717, 1.165) is 25.7 Å². The van der Waals surface area contributed by atoms with Gasteiger partial charge >= 0.3 is 0 Å². The third kappa shape index (κ3) is 3.88. The zero-order chi connectivity index (χ0) is 15.6. The van der Waals surface area contributed by atoms with Crippen molar-refractivity contribution in [1.82, 2.24) is 4.72 Å². The molecule has 1 aliphatic carbocycles. The highest BCUT2D eigenvalue weighted by atomic mass is 35.5. The number of halogens is 1. The summed E-state index contributed by atoms with van der Waals surface area (Å²) in [5.74, 6) is -0.0285. The van der Waals surface area contributed by atoms with Crippen molar-refractivity contribution in [1.29, 1.82) is 0 Å². The van der Waals surface area contributed by atoms with Gasteiger partial charge in [-0.15, -0.1) is 0 Å². The largest absolute Gasteiger partial charge is 0.397 e. The van der Waals surface area contributed by atoms with E-state index < -0.39 is 16.1 Å². The smallest absolute Gasteiger partial charge is 0.240 e. The van der Waals surface area contributed by atoms with Crippen LogP contribution in [0.5, 0.6) is 0 Å². The van der Waals surface area contributed by atoms with Crippen molar-refractivity contribution >= 4 is 27.3 Å². The van der Waals surface area contributed by atoms with Gasteiger partial charge in [-0.1, -0.05) is 24.4 Å². The average Bonchev–Trinajstić information content (AvgIpc) is 2.43. The topological polar surface area (TPSA) is 92.4 Å². The molecule has 1 aromatic rings. The Labute approximate surface area is 130 Å². The Morgan fingerprint density at radius 3 is 2.67 bits per heavy atom. The molecular weight excluding hydrogens is 312 g/mol. The molecule has 118 valence electrons. The van der Waals surface area contributed by atoms with E-state index in [4.69, 9.17) is 17.3 Å². The van der Waals surface area contributed by atoms with Gasteiger partial charge in [-0.2, -0.15) is 0 Å². The minimum atomic E-state index is -3.64. The Balaban J connectivity index is 2.11. The van der Waals surface area contributed by atoms with Crippen LogP contribution in [0.4, 0.5) is 5.69 Å². The van der Waals surface area contributed by atoms with Crippen LogP contribution in [0.15, 0.2) is 17.0 Å². The summed E-state index contributed by atoms with van der Waals surface area (Å²) in [6.07, 6.45) is 3.16. The lowest BCUT2D eigenvalue weighted by Gasteiger charge is -2.27. The fourth-order valence-electron chi connectivity index (χ4n) is 2.64. The molecule has 4 N–H and O–H groups in total. The van der Waals surface area contributed by atoms with Gasteiger partial charge < -0.3 is 10.8 Å². The minimum Gasteiger partial charge on any atom is -0.397 e. The standard InChI is InChI=1S/C14H21ClN2O3S/c1-9-6-11(7-12(16)14(9)15)21(19,20)17-8-10-4-2-3-5-13(10)18/h6-7,10,13,17-18H,2-5,8,16H2,1H3. The number of anilines is 1. The lowest BCUT2D eigenvalue weighted by molar-refractivity contribution is 0.0724. The Hall–Kier alpha value is -0.820. The number of rotatable bonds is 4. The molecule has 2 rings (SSSR count). The molecule has 2 unspecified atom stereocenters. The molecule has 0 aliphatic heterocycles. The first-order valence-corrected chi connectivity index (χ1v) is 8.90. The summed E-state index contributed by atoms with van der Waals surface area (Å²) in [7, 11) is -3.64. The number of hydrogen-bond acceptors (Lipinski definition) is 4. The van der Waals surface area contributed by atoms with E-state index in [-0.39, 0.29) is 23.0 Å². The summed E-state index contributed by atoms with van der Waals surface area (Å²) in [6, 6.07) is 2.85. The van der Waals surface area contributed by atoms with Gasteiger partial charge in [0.05, 0.1) is 21.7 Å². The number of aliphatic hydroxyl groups excluding tert-OH is 1. The number of aliphatic hydroxyl groups is 1. The highest BCUT2D eigenvalue weighted by Gasteiger charge is 2.25. The summed E-state index contributed by atoms with van der Waals surface area (Å²) in [5, 5.41) is 10.3. The van der Waals surface area contributed by atoms with Crippen molar-refractivity contribution in [2.24, 2.45) is 5.92 Å². The van der Waals surface area contributed by atoms with E-state index in [1.165, 1.54) is 12.1 Å². The van der Waals surface area contributed by atoms with Crippen molar-refractivity contribution in [3.05, 3.63) is 22.7 Å². The van der Waals surface area contributed by atoms with E-state index in [0.29, 0.717) is 10.6 Å². The first kappa shape index (κ1) is 16.5. The van der Waals surface area contributed by atoms with Crippen LogP contribution in [-0.2, 0) is 10.0 Å². The highest BCUT2D eigenvalue weighted by molar-refractivity contribution is 7.89. The maximum absolute atomic E-state index is 12.3. The van der Waals surface area contributed by atoms with Crippen LogP contribution < -0.4 is 10.5 Å². The van der Waals surface area contributed by atoms with Crippen molar-refractivity contribution in [3.8, 4) is 0 Å². The fourth-order valence-corrected chi connectivity index (χ4v) is 3.97. The molecule has 0 radical (unpaired) electrons. The van der Waals surface area contributed by atoms with E-state index in [2.05, 4.69) is 4.72 Å². The van der Waals surface area contributed by atoms with Crippen LogP contribution in [0.1, 0.15) is 31.2 Å². The molecule has 1 aromatic carbocycles. The van der Waals surface area contributed by atoms with Crippen molar-refractivity contribution in [3.63, 3.8) is 0 Å². The summed E-state index contributed by atoms with van der Waals surface area (Å²) in [5.41, 5.74) is 6.58. The van der Waals surface area contributed by atoms with Crippen LogP contribution in [0.3, 0.4) is 0 Å². The number of hydrogen-bond donors (Lipinski definition) is 3. The quantitative estimate of drug-likeness (QED) is 0.736. The normalized spacial score (nSPS) is 23.2. The predicted octanol–water partition coefficient (Wildman–Crippen LogP) is 2.06. The number of aryl methyl sites for hydroxylation is 1. The average molecular weight is 333 g/mol. The summed E-state index contributed by atoms with van der Waals surface area (Å²) in [4.78, 5) is 0.104. The summed E-state index contributed by atoms with van der Waals surface area (Å²) < 4.78 is 27.2. The number of benzene rings is 1. The number of sulfonamides is 1. The highest BCUT2D eigenvalue weighted by Crippen LogP contribution is 2.27. The van der Waals surface area contributed by atoms with Gasteiger partial charge in [0.1, 0.15) is 0 Å². The van der Waals surface area contributed by atoms with Crippen LogP contribution in [0.25, 0.3) is 0 Å². The van der Waals surface area contributed by atoms with Gasteiger partial charge in [-0.25, -0.2) is 13.1 Å². The second-order valence-corrected chi connectivity index (χ2v) is 7.75. The summed E-state index contributed by atoms with van der Waals surface area (Å²) in [6.45, 7) is 1.95. The second-order valence-electron chi connectivity index (χ2n) is 5.61. The molecule has 1 fully saturated rings. The predicted molar refractivity (Wildman–Crippen MR) is 83.8 cm³/mol. The Morgan fingerprint density at radius 2 is 2.05 bits per heavy atom. The molecule has 5 nitrogen and oxygen atoms in total. The van der Waals surface area contributed by atoms with E-state index >= 15 is 0 Å². The van der Waals surface area contributed by atoms with Crippen molar-refractivity contribution < 1.29 is 13.5 Å². The zero-order valence-electron chi connectivity index (χ0n) is 12.0. The Bertz CT molecular complexity index is 596. The maximum atomic E-state index is 12.3. The first-order valence-electron chi connectivity index (χ1n) is 7.04. The van der Waals surface area contributed by atoms with Crippen LogP contribution >= 0.6 is 11.6 Å². The third-order valence-corrected chi connectivity index (χ3v) is 5.89. The van der Waals surface area contributed by atoms with Gasteiger partial charge in [0.2, 0.25) is 10.0 Å². The number of nitrogen functional groups attached to an aromatic ring is 1. The second kappa shape index (κ2) is 6.52. The molecule has 21 heavy (non-hydrogen) atoms. The molecule has 2 atom stereocenters. The molecule has 0 heterocycles.